The van der Waals surface area contributed by atoms with E-state index in [0.29, 0.717) is 12.1 Å². The average Bonchev–Trinajstić information content (AvgIpc) is 2.53. The molecule has 24 heavy (non-hydrogen) atoms. The van der Waals surface area contributed by atoms with Crippen LogP contribution in [0.15, 0.2) is 29.2 Å². The van der Waals surface area contributed by atoms with E-state index < -0.39 is 22.1 Å². The number of carbonyl (C=O) groups is 2. The van der Waals surface area contributed by atoms with E-state index in [1.165, 1.54) is 43.3 Å². The van der Waals surface area contributed by atoms with Gasteiger partial charge in [0, 0.05) is 32.7 Å². The predicted molar refractivity (Wildman–Crippen MR) is 85.2 cm³/mol. The van der Waals surface area contributed by atoms with Crippen molar-refractivity contribution < 1.29 is 27.9 Å². The molecule has 1 N–H and O–H groups in total. The van der Waals surface area contributed by atoms with Gasteiger partial charge in [0.1, 0.15) is 0 Å². The molecule has 2 rings (SSSR count). The van der Waals surface area contributed by atoms with Crippen molar-refractivity contribution in [1.82, 2.24) is 9.21 Å². The number of carboxylic acids is 1. The lowest BCUT2D eigenvalue weighted by Gasteiger charge is -2.32. The highest BCUT2D eigenvalue weighted by molar-refractivity contribution is 7.89. The molecule has 1 amide bonds. The number of morpholine rings is 1. The predicted octanol–water partition coefficient (Wildman–Crippen LogP) is 0.253. The number of aliphatic carboxylic acids is 1. The minimum absolute atomic E-state index is 0.106. The van der Waals surface area contributed by atoms with E-state index in [1.807, 2.05) is 0 Å². The van der Waals surface area contributed by atoms with Crippen molar-refractivity contribution in [2.75, 3.05) is 33.8 Å². The number of rotatable bonds is 5. The number of ether oxygens (including phenoxy) is 1. The molecule has 0 aliphatic carbocycles. The van der Waals surface area contributed by atoms with Crippen LogP contribution in [0.2, 0.25) is 0 Å². The first-order chi connectivity index (χ1) is 11.2. The van der Waals surface area contributed by atoms with Gasteiger partial charge in [0.25, 0.3) is 5.91 Å². The van der Waals surface area contributed by atoms with Crippen LogP contribution in [0, 0.1) is 0 Å². The molecular weight excluding hydrogens is 336 g/mol. The number of carboxylic acid groups (broad SMARTS) is 1. The second kappa shape index (κ2) is 7.29. The van der Waals surface area contributed by atoms with Crippen molar-refractivity contribution in [3.05, 3.63) is 29.8 Å². The zero-order valence-electron chi connectivity index (χ0n) is 13.5. The Morgan fingerprint density at radius 2 is 1.92 bits per heavy atom. The van der Waals surface area contributed by atoms with Gasteiger partial charge in [-0.05, 0) is 24.3 Å². The van der Waals surface area contributed by atoms with E-state index in [2.05, 4.69) is 0 Å². The summed E-state index contributed by atoms with van der Waals surface area (Å²) in [5.41, 5.74) is 0.351. The molecular formula is C15H20N2O6S. The lowest BCUT2D eigenvalue weighted by molar-refractivity contribution is -0.141. The molecule has 9 heteroatoms. The van der Waals surface area contributed by atoms with Crippen LogP contribution < -0.4 is 0 Å². The molecule has 1 aliphatic heterocycles. The Labute approximate surface area is 140 Å². The summed E-state index contributed by atoms with van der Waals surface area (Å²) in [5, 5.41) is 8.81. The number of sulfonamides is 1. The Balaban J connectivity index is 2.11. The molecule has 8 nitrogen and oxygen atoms in total. The highest BCUT2D eigenvalue weighted by Gasteiger charge is 2.27. The maximum atomic E-state index is 12.5. The number of hydrogen-bond acceptors (Lipinski definition) is 5. The van der Waals surface area contributed by atoms with Crippen molar-refractivity contribution >= 4 is 21.9 Å². The number of benzene rings is 1. The fraction of sp³-hybridized carbons (Fsp3) is 0.467. The SMILES string of the molecule is CN(C)S(=O)(=O)c1ccc(C(=O)N2CCOC(CC(=O)O)C2)cc1. The molecule has 1 aliphatic rings. The smallest absolute Gasteiger partial charge is 0.306 e. The first-order valence-electron chi connectivity index (χ1n) is 7.37. The van der Waals surface area contributed by atoms with E-state index >= 15 is 0 Å². The first-order valence-corrected chi connectivity index (χ1v) is 8.81. The summed E-state index contributed by atoms with van der Waals surface area (Å²) in [7, 11) is -0.673. The van der Waals surface area contributed by atoms with E-state index in [9.17, 15) is 18.0 Å². The van der Waals surface area contributed by atoms with Crippen molar-refractivity contribution in [3.8, 4) is 0 Å². The molecule has 1 fully saturated rings. The molecule has 1 unspecified atom stereocenters. The third-order valence-electron chi connectivity index (χ3n) is 3.71. The Morgan fingerprint density at radius 3 is 2.46 bits per heavy atom. The van der Waals surface area contributed by atoms with Crippen LogP contribution in [0.1, 0.15) is 16.8 Å². The van der Waals surface area contributed by atoms with E-state index in [1.54, 1.807) is 0 Å². The molecule has 0 spiro atoms. The van der Waals surface area contributed by atoms with Gasteiger partial charge >= 0.3 is 5.97 Å². The van der Waals surface area contributed by atoms with Crippen LogP contribution in [-0.2, 0) is 19.6 Å². The lowest BCUT2D eigenvalue weighted by atomic mass is 10.1. The summed E-state index contributed by atoms with van der Waals surface area (Å²) in [6.45, 7) is 0.840. The molecule has 1 heterocycles. The van der Waals surface area contributed by atoms with E-state index in [0.717, 1.165) is 4.31 Å². The Morgan fingerprint density at radius 1 is 1.29 bits per heavy atom. The van der Waals surface area contributed by atoms with E-state index in [4.69, 9.17) is 9.84 Å². The average molecular weight is 356 g/mol. The van der Waals surface area contributed by atoms with Gasteiger partial charge in [0.2, 0.25) is 10.0 Å². The van der Waals surface area contributed by atoms with Crippen LogP contribution in [0.4, 0.5) is 0 Å². The van der Waals surface area contributed by atoms with E-state index in [-0.39, 0.29) is 30.4 Å². The summed E-state index contributed by atoms with van der Waals surface area (Å²) >= 11 is 0. The van der Waals surface area contributed by atoms with Gasteiger partial charge in [-0.3, -0.25) is 9.59 Å². The molecule has 1 atom stereocenters. The summed E-state index contributed by atoms with van der Waals surface area (Å²) in [6.07, 6.45) is -0.697. The molecule has 0 bridgehead atoms. The van der Waals surface area contributed by atoms with Crippen molar-refractivity contribution in [2.45, 2.75) is 17.4 Å². The zero-order valence-corrected chi connectivity index (χ0v) is 14.3. The van der Waals surface area contributed by atoms with Crippen molar-refractivity contribution in [2.24, 2.45) is 0 Å². The Kier molecular flexibility index (Phi) is 5.58. The highest BCUT2D eigenvalue weighted by Crippen LogP contribution is 2.17. The lowest BCUT2D eigenvalue weighted by Crippen LogP contribution is -2.46. The third-order valence-corrected chi connectivity index (χ3v) is 5.54. The monoisotopic (exact) mass is 356 g/mol. The molecule has 1 aromatic rings. The quantitative estimate of drug-likeness (QED) is 0.811. The van der Waals surface area contributed by atoms with Gasteiger partial charge < -0.3 is 14.7 Å². The van der Waals surface area contributed by atoms with Gasteiger partial charge in [0.15, 0.2) is 0 Å². The molecule has 132 valence electrons. The maximum Gasteiger partial charge on any atom is 0.306 e. The number of nitrogens with zero attached hydrogens (tertiary/aromatic N) is 2. The standard InChI is InChI=1S/C15H20N2O6S/c1-16(2)24(21,22)13-5-3-11(4-6-13)15(20)17-7-8-23-12(10-17)9-14(18)19/h3-6,12H,7-10H2,1-2H3,(H,18,19). The summed E-state index contributed by atoms with van der Waals surface area (Å²) < 4.78 is 30.5. The number of carbonyl (C=O) groups excluding carboxylic acids is 1. The second-order valence-corrected chi connectivity index (χ2v) is 7.81. The second-order valence-electron chi connectivity index (χ2n) is 5.65. The van der Waals surface area contributed by atoms with Gasteiger partial charge in [-0.1, -0.05) is 0 Å². The molecule has 0 saturated carbocycles. The molecule has 0 aromatic heterocycles. The fourth-order valence-corrected chi connectivity index (χ4v) is 3.29. The van der Waals surface area contributed by atoms with Crippen molar-refractivity contribution in [1.29, 1.82) is 0 Å². The van der Waals surface area contributed by atoms with Crippen LogP contribution >= 0.6 is 0 Å². The minimum Gasteiger partial charge on any atom is -0.481 e. The highest BCUT2D eigenvalue weighted by atomic mass is 32.2. The normalized spacial score (nSPS) is 18.6. The fourth-order valence-electron chi connectivity index (χ4n) is 2.38. The first kappa shape index (κ1) is 18.4. The topological polar surface area (TPSA) is 104 Å². The van der Waals surface area contributed by atoms with Crippen LogP contribution in [0.25, 0.3) is 0 Å². The third kappa shape index (κ3) is 4.11. The number of hydrogen-bond donors (Lipinski definition) is 1. The van der Waals surface area contributed by atoms with Crippen LogP contribution in [0.5, 0.6) is 0 Å². The summed E-state index contributed by atoms with van der Waals surface area (Å²) in [4.78, 5) is 24.9. The van der Waals surface area contributed by atoms with Gasteiger partial charge in [0.05, 0.1) is 24.0 Å². The van der Waals surface area contributed by atoms with Crippen LogP contribution in [0.3, 0.4) is 0 Å². The van der Waals surface area contributed by atoms with Crippen LogP contribution in [-0.4, -0.2) is 74.5 Å². The zero-order chi connectivity index (χ0) is 17.9. The van der Waals surface area contributed by atoms with Crippen molar-refractivity contribution in [3.63, 3.8) is 0 Å². The Hall–Kier alpha value is -1.97. The molecule has 1 saturated heterocycles. The van der Waals surface area contributed by atoms with Gasteiger partial charge in [-0.15, -0.1) is 0 Å². The van der Waals surface area contributed by atoms with Gasteiger partial charge in [-0.2, -0.15) is 0 Å². The minimum atomic E-state index is -3.54. The maximum absolute atomic E-state index is 12.5. The Bertz CT molecular complexity index is 714. The molecule has 1 aromatic carbocycles. The largest absolute Gasteiger partial charge is 0.481 e. The molecule has 0 radical (unpaired) electrons. The van der Waals surface area contributed by atoms with Gasteiger partial charge in [-0.25, -0.2) is 12.7 Å². The number of amides is 1. The summed E-state index contributed by atoms with van der Waals surface area (Å²) in [5.74, 6) is -1.25. The summed E-state index contributed by atoms with van der Waals surface area (Å²) in [6, 6.07) is 5.69.